The van der Waals surface area contributed by atoms with Crippen LogP contribution < -0.4 is 9.46 Å². The first-order valence-electron chi connectivity index (χ1n) is 6.84. The molecule has 2 unspecified atom stereocenters. The van der Waals surface area contributed by atoms with Crippen molar-refractivity contribution in [1.29, 1.82) is 0 Å². The van der Waals surface area contributed by atoms with Gasteiger partial charge in [-0.05, 0) is 25.0 Å². The van der Waals surface area contributed by atoms with Gasteiger partial charge in [0, 0.05) is 6.04 Å². The van der Waals surface area contributed by atoms with Crippen LogP contribution in [0.2, 0.25) is 0 Å². The fraction of sp³-hybridized carbons (Fsp3) is 0.500. The zero-order valence-corrected chi connectivity index (χ0v) is 12.6. The first kappa shape index (κ1) is 15.8. The molecule has 0 amide bonds. The summed E-state index contributed by atoms with van der Waals surface area (Å²) in [6.45, 7) is 0. The molecule has 0 aromatic heterocycles. The van der Waals surface area contributed by atoms with Crippen molar-refractivity contribution in [1.82, 2.24) is 4.72 Å². The highest BCUT2D eigenvalue weighted by Gasteiger charge is 2.34. The SMILES string of the molecule is COc1ccccc1S(=O)(=O)NC1CCCCC1C(=O)O. The van der Waals surface area contributed by atoms with E-state index in [-0.39, 0.29) is 10.6 Å². The number of hydrogen-bond acceptors (Lipinski definition) is 4. The van der Waals surface area contributed by atoms with Crippen LogP contribution in [0, 0.1) is 5.92 Å². The van der Waals surface area contributed by atoms with Crippen LogP contribution in [0.15, 0.2) is 29.2 Å². The minimum atomic E-state index is -3.81. The Morgan fingerprint density at radius 3 is 2.62 bits per heavy atom. The van der Waals surface area contributed by atoms with Crippen molar-refractivity contribution in [2.75, 3.05) is 7.11 Å². The van der Waals surface area contributed by atoms with Gasteiger partial charge >= 0.3 is 5.97 Å². The average Bonchev–Trinajstić information content (AvgIpc) is 2.47. The minimum Gasteiger partial charge on any atom is -0.495 e. The van der Waals surface area contributed by atoms with Crippen molar-refractivity contribution in [3.05, 3.63) is 24.3 Å². The average molecular weight is 313 g/mol. The van der Waals surface area contributed by atoms with Crippen LogP contribution in [0.4, 0.5) is 0 Å². The zero-order chi connectivity index (χ0) is 15.5. The number of hydrogen-bond donors (Lipinski definition) is 2. The number of methoxy groups -OCH3 is 1. The fourth-order valence-electron chi connectivity index (χ4n) is 2.67. The number of aliphatic carboxylic acids is 1. The van der Waals surface area contributed by atoms with Crippen molar-refractivity contribution >= 4 is 16.0 Å². The van der Waals surface area contributed by atoms with Gasteiger partial charge in [-0.3, -0.25) is 4.79 Å². The molecule has 0 radical (unpaired) electrons. The molecule has 1 fully saturated rings. The van der Waals surface area contributed by atoms with E-state index in [1.807, 2.05) is 0 Å². The van der Waals surface area contributed by atoms with Gasteiger partial charge in [0.2, 0.25) is 10.0 Å². The van der Waals surface area contributed by atoms with Gasteiger partial charge in [0.25, 0.3) is 0 Å². The number of sulfonamides is 1. The molecular weight excluding hydrogens is 294 g/mol. The third-order valence-corrected chi connectivity index (χ3v) is 5.28. The van der Waals surface area contributed by atoms with E-state index in [2.05, 4.69) is 4.72 Å². The second kappa shape index (κ2) is 6.44. The number of carbonyl (C=O) groups is 1. The smallest absolute Gasteiger partial charge is 0.308 e. The summed E-state index contributed by atoms with van der Waals surface area (Å²) in [6, 6.07) is 5.71. The molecule has 0 heterocycles. The van der Waals surface area contributed by atoms with Crippen LogP contribution in [0.1, 0.15) is 25.7 Å². The van der Waals surface area contributed by atoms with E-state index in [1.165, 1.54) is 13.2 Å². The van der Waals surface area contributed by atoms with Crippen molar-refractivity contribution in [2.45, 2.75) is 36.6 Å². The molecule has 0 bridgehead atoms. The molecular formula is C14H19NO5S. The predicted molar refractivity (Wildman–Crippen MR) is 76.7 cm³/mol. The van der Waals surface area contributed by atoms with Gasteiger partial charge < -0.3 is 9.84 Å². The summed E-state index contributed by atoms with van der Waals surface area (Å²) in [5, 5.41) is 9.22. The lowest BCUT2D eigenvalue weighted by molar-refractivity contribution is -0.143. The number of carboxylic acids is 1. The van der Waals surface area contributed by atoms with Crippen LogP contribution in [0.3, 0.4) is 0 Å². The lowest BCUT2D eigenvalue weighted by Gasteiger charge is -2.29. The maximum Gasteiger partial charge on any atom is 0.308 e. The molecule has 7 heteroatoms. The molecule has 1 aliphatic carbocycles. The van der Waals surface area contributed by atoms with Gasteiger partial charge in [0.15, 0.2) is 0 Å². The quantitative estimate of drug-likeness (QED) is 0.861. The molecule has 1 aromatic rings. The van der Waals surface area contributed by atoms with Gasteiger partial charge in [-0.1, -0.05) is 25.0 Å². The van der Waals surface area contributed by atoms with Gasteiger partial charge in [-0.25, -0.2) is 13.1 Å². The lowest BCUT2D eigenvalue weighted by atomic mass is 9.85. The topological polar surface area (TPSA) is 92.7 Å². The van der Waals surface area contributed by atoms with E-state index in [0.29, 0.717) is 12.8 Å². The summed E-state index contributed by atoms with van der Waals surface area (Å²) in [5.41, 5.74) is 0. The molecule has 2 rings (SSSR count). The van der Waals surface area contributed by atoms with E-state index in [4.69, 9.17) is 4.74 Å². The summed E-state index contributed by atoms with van der Waals surface area (Å²) in [5.74, 6) is -1.39. The maximum atomic E-state index is 12.5. The summed E-state index contributed by atoms with van der Waals surface area (Å²) >= 11 is 0. The van der Waals surface area contributed by atoms with E-state index in [0.717, 1.165) is 12.8 Å². The molecule has 0 aliphatic heterocycles. The normalized spacial score (nSPS) is 22.7. The second-order valence-corrected chi connectivity index (χ2v) is 6.79. The Labute approximate surface area is 124 Å². The van der Waals surface area contributed by atoms with Crippen LogP contribution in [0.5, 0.6) is 5.75 Å². The monoisotopic (exact) mass is 313 g/mol. The van der Waals surface area contributed by atoms with Gasteiger partial charge in [-0.15, -0.1) is 0 Å². The molecule has 0 saturated heterocycles. The second-order valence-electron chi connectivity index (χ2n) is 5.11. The molecule has 6 nitrogen and oxygen atoms in total. The number of carboxylic acid groups (broad SMARTS) is 1. The number of rotatable bonds is 5. The third kappa shape index (κ3) is 3.54. The Bertz CT molecular complexity index is 614. The van der Waals surface area contributed by atoms with Crippen LogP contribution in [-0.4, -0.2) is 32.6 Å². The maximum absolute atomic E-state index is 12.5. The third-order valence-electron chi connectivity index (χ3n) is 3.75. The standard InChI is InChI=1S/C14H19NO5S/c1-20-12-8-4-5-9-13(12)21(18,19)15-11-7-3-2-6-10(11)14(16)17/h4-5,8-11,15H,2-3,6-7H2,1H3,(H,16,17). The number of ether oxygens (including phenoxy) is 1. The van der Waals surface area contributed by atoms with Crippen LogP contribution in [0.25, 0.3) is 0 Å². The van der Waals surface area contributed by atoms with Crippen molar-refractivity contribution < 1.29 is 23.1 Å². The zero-order valence-electron chi connectivity index (χ0n) is 11.8. The first-order valence-corrected chi connectivity index (χ1v) is 8.32. The molecule has 116 valence electrons. The van der Waals surface area contributed by atoms with E-state index >= 15 is 0 Å². The van der Waals surface area contributed by atoms with E-state index in [1.54, 1.807) is 18.2 Å². The Kier molecular flexibility index (Phi) is 4.84. The highest BCUT2D eigenvalue weighted by molar-refractivity contribution is 7.89. The molecule has 2 atom stereocenters. The Balaban J connectivity index is 2.26. The summed E-state index contributed by atoms with van der Waals surface area (Å²) in [7, 11) is -2.41. The summed E-state index contributed by atoms with van der Waals surface area (Å²) in [6.07, 6.45) is 2.66. The van der Waals surface area contributed by atoms with Gasteiger partial charge in [0.1, 0.15) is 10.6 Å². The highest BCUT2D eigenvalue weighted by atomic mass is 32.2. The molecule has 2 N–H and O–H groups in total. The Morgan fingerprint density at radius 1 is 1.29 bits per heavy atom. The van der Waals surface area contributed by atoms with Crippen molar-refractivity contribution in [3.63, 3.8) is 0 Å². The van der Waals surface area contributed by atoms with E-state index in [9.17, 15) is 18.3 Å². The largest absolute Gasteiger partial charge is 0.495 e. The molecule has 1 aliphatic rings. The molecule has 0 spiro atoms. The molecule has 1 aromatic carbocycles. The summed E-state index contributed by atoms with van der Waals surface area (Å²) < 4.78 is 32.5. The first-order chi connectivity index (χ1) is 9.95. The molecule has 1 saturated carbocycles. The van der Waals surface area contributed by atoms with E-state index < -0.39 is 28.0 Å². The summed E-state index contributed by atoms with van der Waals surface area (Å²) in [4.78, 5) is 11.3. The number of benzene rings is 1. The van der Waals surface area contributed by atoms with Gasteiger partial charge in [0.05, 0.1) is 13.0 Å². The minimum absolute atomic E-state index is 0.0298. The lowest BCUT2D eigenvalue weighted by Crippen LogP contribution is -2.45. The van der Waals surface area contributed by atoms with Crippen molar-refractivity contribution in [2.24, 2.45) is 5.92 Å². The van der Waals surface area contributed by atoms with Crippen molar-refractivity contribution in [3.8, 4) is 5.75 Å². The predicted octanol–water partition coefficient (Wildman–Crippen LogP) is 1.62. The number of para-hydroxylation sites is 1. The fourth-order valence-corrected chi connectivity index (χ4v) is 4.15. The van der Waals surface area contributed by atoms with Crippen LogP contribution >= 0.6 is 0 Å². The Morgan fingerprint density at radius 2 is 1.95 bits per heavy atom. The highest BCUT2D eigenvalue weighted by Crippen LogP contribution is 2.28. The number of nitrogens with one attached hydrogen (secondary N) is 1. The molecule has 21 heavy (non-hydrogen) atoms. The Hall–Kier alpha value is -1.60. The van der Waals surface area contributed by atoms with Crippen LogP contribution in [-0.2, 0) is 14.8 Å². The van der Waals surface area contributed by atoms with Gasteiger partial charge in [-0.2, -0.15) is 0 Å².